The van der Waals surface area contributed by atoms with Gasteiger partial charge in [-0.25, -0.2) is 0 Å². The molecule has 3 aromatic rings. The molecule has 0 saturated heterocycles. The van der Waals surface area contributed by atoms with Crippen LogP contribution in [0.2, 0.25) is 0 Å². The van der Waals surface area contributed by atoms with Crippen LogP contribution in [-0.4, -0.2) is 32.4 Å². The second-order valence-corrected chi connectivity index (χ2v) is 8.91. The third-order valence-electron chi connectivity index (χ3n) is 6.54. The topological polar surface area (TPSA) is 65.0 Å². The number of aliphatic hydroxyl groups excluding tert-OH is 1. The summed E-state index contributed by atoms with van der Waals surface area (Å²) in [6.07, 6.45) is 3.08. The van der Waals surface area contributed by atoms with E-state index in [2.05, 4.69) is 24.3 Å². The van der Waals surface area contributed by atoms with Crippen LogP contribution in [0.15, 0.2) is 66.7 Å². The average molecular weight is 477 g/mol. The van der Waals surface area contributed by atoms with Crippen molar-refractivity contribution in [3.8, 4) is 11.5 Å². The Kier molecular flexibility index (Phi) is 9.74. The predicted molar refractivity (Wildman–Crippen MR) is 138 cm³/mol. The van der Waals surface area contributed by atoms with E-state index in [4.69, 9.17) is 14.2 Å². The molecule has 3 aromatic carbocycles. The maximum atomic E-state index is 11.6. The minimum absolute atomic E-state index is 0.00212. The van der Waals surface area contributed by atoms with Gasteiger partial charge in [0.2, 0.25) is 0 Å². The van der Waals surface area contributed by atoms with Gasteiger partial charge in [-0.15, -0.1) is 0 Å². The first kappa shape index (κ1) is 26.3. The first-order valence-electron chi connectivity index (χ1n) is 12.0. The Hall–Kier alpha value is -3.31. The van der Waals surface area contributed by atoms with Crippen LogP contribution in [0.4, 0.5) is 0 Å². The van der Waals surface area contributed by atoms with Gasteiger partial charge in [-0.2, -0.15) is 0 Å². The zero-order valence-electron chi connectivity index (χ0n) is 21.1. The second kappa shape index (κ2) is 13.0. The van der Waals surface area contributed by atoms with Crippen LogP contribution < -0.4 is 9.47 Å². The Morgan fingerprint density at radius 1 is 0.857 bits per heavy atom. The molecule has 0 saturated carbocycles. The molecule has 0 radical (unpaired) electrons. The molecule has 0 amide bonds. The summed E-state index contributed by atoms with van der Waals surface area (Å²) in [7, 11) is 4.66. The molecule has 5 heteroatoms. The van der Waals surface area contributed by atoms with Crippen LogP contribution in [0.25, 0.3) is 0 Å². The minimum atomic E-state index is -0.677. The molecule has 0 aliphatic rings. The third kappa shape index (κ3) is 7.33. The number of carbonyl (C=O) groups is 1. The number of aliphatic hydroxyl groups is 1. The van der Waals surface area contributed by atoms with Gasteiger partial charge in [-0.05, 0) is 72.9 Å². The maximum absolute atomic E-state index is 11.6. The molecule has 5 nitrogen and oxygen atoms in total. The summed E-state index contributed by atoms with van der Waals surface area (Å²) >= 11 is 0. The number of hydrogen-bond donors (Lipinski definition) is 1. The van der Waals surface area contributed by atoms with Gasteiger partial charge in [0.25, 0.3) is 0 Å². The van der Waals surface area contributed by atoms with Crippen molar-refractivity contribution in [1.82, 2.24) is 0 Å². The number of methoxy groups -OCH3 is 3. The van der Waals surface area contributed by atoms with E-state index in [-0.39, 0.29) is 18.3 Å². The summed E-state index contributed by atoms with van der Waals surface area (Å²) < 4.78 is 15.8. The molecular formula is C30H36O5. The van der Waals surface area contributed by atoms with E-state index in [1.165, 1.54) is 12.7 Å². The van der Waals surface area contributed by atoms with Gasteiger partial charge in [0.15, 0.2) is 0 Å². The molecule has 1 N–H and O–H groups in total. The van der Waals surface area contributed by atoms with Gasteiger partial charge in [-0.1, -0.05) is 54.6 Å². The number of aryl methyl sites for hydroxylation is 1. The predicted octanol–water partition coefficient (Wildman–Crippen LogP) is 5.64. The standard InChI is InChI=1S/C30H36O5/c1-21-27(33-2)19-26(20-28(21)34-3)30(32)25(12-8-11-22-9-6-5-7-10-22)17-23-13-15-24(16-14-23)18-29(31)35-4/h5-7,9-10,13-16,19-20,25,30,32H,8,11-12,17-18H2,1-4H3/t25-,30-/m1/s1. The second-order valence-electron chi connectivity index (χ2n) is 8.91. The summed E-state index contributed by atoms with van der Waals surface area (Å²) in [4.78, 5) is 11.6. The summed E-state index contributed by atoms with van der Waals surface area (Å²) in [5.41, 5.74) is 5.03. The van der Waals surface area contributed by atoms with Crippen LogP contribution in [0.1, 0.15) is 46.8 Å². The molecule has 3 rings (SSSR count). The first-order valence-corrected chi connectivity index (χ1v) is 12.0. The lowest BCUT2D eigenvalue weighted by atomic mass is 9.85. The van der Waals surface area contributed by atoms with Crippen molar-refractivity contribution in [2.45, 2.75) is 45.1 Å². The molecule has 0 aliphatic carbocycles. The number of benzene rings is 3. The molecule has 0 aliphatic heterocycles. The highest BCUT2D eigenvalue weighted by atomic mass is 16.5. The zero-order valence-corrected chi connectivity index (χ0v) is 21.1. The van der Waals surface area contributed by atoms with Crippen LogP contribution >= 0.6 is 0 Å². The van der Waals surface area contributed by atoms with Gasteiger partial charge in [0.05, 0.1) is 33.9 Å². The van der Waals surface area contributed by atoms with Gasteiger partial charge >= 0.3 is 5.97 Å². The monoisotopic (exact) mass is 476 g/mol. The van der Waals surface area contributed by atoms with Crippen LogP contribution in [0.3, 0.4) is 0 Å². The largest absolute Gasteiger partial charge is 0.496 e. The highest BCUT2D eigenvalue weighted by Crippen LogP contribution is 2.36. The molecule has 0 unspecified atom stereocenters. The van der Waals surface area contributed by atoms with E-state index in [1.54, 1.807) is 14.2 Å². The van der Waals surface area contributed by atoms with Crippen molar-refractivity contribution in [3.63, 3.8) is 0 Å². The van der Waals surface area contributed by atoms with Crippen LogP contribution in [-0.2, 0) is 28.8 Å². The molecule has 35 heavy (non-hydrogen) atoms. The number of carbonyl (C=O) groups excluding carboxylic acids is 1. The van der Waals surface area contributed by atoms with Crippen molar-refractivity contribution in [2.24, 2.45) is 5.92 Å². The maximum Gasteiger partial charge on any atom is 0.309 e. The third-order valence-corrected chi connectivity index (χ3v) is 6.54. The molecule has 0 aromatic heterocycles. The summed E-state index contributed by atoms with van der Waals surface area (Å²) in [5, 5.41) is 11.5. The Labute approximate surface area is 208 Å². The average Bonchev–Trinajstić information content (AvgIpc) is 2.89. The molecule has 0 spiro atoms. The van der Waals surface area contributed by atoms with E-state index in [1.807, 2.05) is 49.4 Å². The van der Waals surface area contributed by atoms with E-state index in [0.29, 0.717) is 17.9 Å². The molecule has 0 bridgehead atoms. The minimum Gasteiger partial charge on any atom is -0.496 e. The van der Waals surface area contributed by atoms with E-state index >= 15 is 0 Å². The quantitative estimate of drug-likeness (QED) is 0.343. The van der Waals surface area contributed by atoms with E-state index in [0.717, 1.165) is 41.5 Å². The summed E-state index contributed by atoms with van der Waals surface area (Å²) in [6.45, 7) is 1.95. The molecule has 2 atom stereocenters. The number of hydrogen-bond acceptors (Lipinski definition) is 5. The molecule has 0 fully saturated rings. The Morgan fingerprint density at radius 3 is 2.03 bits per heavy atom. The number of esters is 1. The first-order chi connectivity index (χ1) is 16.9. The van der Waals surface area contributed by atoms with E-state index in [9.17, 15) is 9.90 Å². The Morgan fingerprint density at radius 2 is 1.46 bits per heavy atom. The van der Waals surface area contributed by atoms with Crippen molar-refractivity contribution < 1.29 is 24.1 Å². The summed E-state index contributed by atoms with van der Waals surface area (Å²) in [5.74, 6) is 1.15. The van der Waals surface area contributed by atoms with Crippen molar-refractivity contribution in [1.29, 1.82) is 0 Å². The lowest BCUT2D eigenvalue weighted by Gasteiger charge is -2.25. The molecule has 186 valence electrons. The van der Waals surface area contributed by atoms with Crippen molar-refractivity contribution in [2.75, 3.05) is 21.3 Å². The highest BCUT2D eigenvalue weighted by Gasteiger charge is 2.24. The highest BCUT2D eigenvalue weighted by molar-refractivity contribution is 5.72. The van der Waals surface area contributed by atoms with Gasteiger partial charge in [0, 0.05) is 5.56 Å². The zero-order chi connectivity index (χ0) is 25.2. The fraction of sp³-hybridized carbons (Fsp3) is 0.367. The molecule has 0 heterocycles. The smallest absolute Gasteiger partial charge is 0.309 e. The lowest BCUT2D eigenvalue weighted by Crippen LogP contribution is -2.17. The number of ether oxygens (including phenoxy) is 3. The van der Waals surface area contributed by atoms with E-state index < -0.39 is 6.10 Å². The van der Waals surface area contributed by atoms with Crippen molar-refractivity contribution in [3.05, 3.63) is 94.5 Å². The van der Waals surface area contributed by atoms with Crippen LogP contribution in [0.5, 0.6) is 11.5 Å². The van der Waals surface area contributed by atoms with Crippen molar-refractivity contribution >= 4 is 5.97 Å². The summed E-state index contributed by atoms with van der Waals surface area (Å²) in [6, 6.07) is 22.2. The normalized spacial score (nSPS) is 12.6. The van der Waals surface area contributed by atoms with Gasteiger partial charge in [0.1, 0.15) is 11.5 Å². The number of rotatable bonds is 12. The fourth-order valence-corrected chi connectivity index (χ4v) is 4.47. The molecular weight excluding hydrogens is 440 g/mol. The Bertz CT molecular complexity index is 1050. The SMILES string of the molecule is COC(=O)Cc1ccc(C[C@@H](CCCc2ccccc2)[C@@H](O)c2cc(OC)c(C)c(OC)c2)cc1. The Balaban J connectivity index is 1.81. The van der Waals surface area contributed by atoms with Gasteiger partial charge in [-0.3, -0.25) is 4.79 Å². The fourth-order valence-electron chi connectivity index (χ4n) is 4.47. The van der Waals surface area contributed by atoms with Crippen LogP contribution in [0, 0.1) is 12.8 Å². The lowest BCUT2D eigenvalue weighted by molar-refractivity contribution is -0.139. The van der Waals surface area contributed by atoms with Gasteiger partial charge < -0.3 is 19.3 Å².